The Hall–Kier alpha value is -1.56. The highest BCUT2D eigenvalue weighted by Crippen LogP contribution is 2.42. The minimum Gasteiger partial charge on any atom is -0.395 e. The Kier molecular flexibility index (Phi) is 3.43. The van der Waals surface area contributed by atoms with Gasteiger partial charge in [0.25, 0.3) is 0 Å². The molecule has 0 aliphatic carbocycles. The average molecular weight is 298 g/mol. The van der Waals surface area contributed by atoms with Crippen molar-refractivity contribution < 1.29 is 18.3 Å². The normalized spacial score (nSPS) is 31.2. The molecule has 1 saturated heterocycles. The lowest BCUT2D eigenvalue weighted by Crippen LogP contribution is -2.48. The Balaban J connectivity index is 1.72. The Morgan fingerprint density at radius 3 is 2.71 bits per heavy atom. The van der Waals surface area contributed by atoms with E-state index in [4.69, 9.17) is 0 Å². The van der Waals surface area contributed by atoms with E-state index in [-0.39, 0.29) is 11.5 Å². The van der Waals surface area contributed by atoms with Gasteiger partial charge in [-0.25, -0.2) is 0 Å². The van der Waals surface area contributed by atoms with Crippen LogP contribution in [0.5, 0.6) is 11.5 Å². The zero-order valence-electron chi connectivity index (χ0n) is 12.4. The third-order valence-corrected chi connectivity index (χ3v) is 4.36. The standard InChI is InChI=1S/C15H20F2N2O2/c1-9-8-19(3)10(2)6-12(9)18-11-4-5-13-14(7-11)21-15(16,17)20-13/h4-5,7,9-10,12,18H,6,8H2,1-3H3. The third-order valence-electron chi connectivity index (χ3n) is 4.36. The number of nitrogens with zero attached hydrogens (tertiary/aromatic N) is 1. The van der Waals surface area contributed by atoms with Gasteiger partial charge >= 0.3 is 6.29 Å². The van der Waals surface area contributed by atoms with Crippen LogP contribution in [-0.4, -0.2) is 36.9 Å². The summed E-state index contributed by atoms with van der Waals surface area (Å²) in [6, 6.07) is 5.65. The van der Waals surface area contributed by atoms with Crippen LogP contribution in [0.2, 0.25) is 0 Å². The van der Waals surface area contributed by atoms with E-state index < -0.39 is 6.29 Å². The monoisotopic (exact) mass is 298 g/mol. The number of alkyl halides is 2. The maximum absolute atomic E-state index is 13.0. The molecule has 0 bridgehead atoms. The summed E-state index contributed by atoms with van der Waals surface area (Å²) >= 11 is 0. The first-order chi connectivity index (χ1) is 9.84. The van der Waals surface area contributed by atoms with Crippen molar-refractivity contribution in [2.75, 3.05) is 18.9 Å². The first-order valence-corrected chi connectivity index (χ1v) is 7.21. The Morgan fingerprint density at radius 1 is 1.24 bits per heavy atom. The van der Waals surface area contributed by atoms with Crippen molar-refractivity contribution in [1.29, 1.82) is 0 Å². The van der Waals surface area contributed by atoms with Crippen molar-refractivity contribution >= 4 is 5.69 Å². The molecule has 3 atom stereocenters. The van der Waals surface area contributed by atoms with E-state index in [1.165, 1.54) is 6.07 Å². The quantitative estimate of drug-likeness (QED) is 0.909. The molecule has 6 heteroatoms. The van der Waals surface area contributed by atoms with Gasteiger partial charge in [-0.2, -0.15) is 0 Å². The molecule has 2 aliphatic heterocycles. The molecule has 116 valence electrons. The lowest BCUT2D eigenvalue weighted by Gasteiger charge is -2.40. The second-order valence-electron chi connectivity index (χ2n) is 6.08. The second-order valence-corrected chi connectivity index (χ2v) is 6.08. The largest absolute Gasteiger partial charge is 0.586 e. The number of ether oxygens (including phenoxy) is 2. The highest BCUT2D eigenvalue weighted by Gasteiger charge is 2.43. The van der Waals surface area contributed by atoms with Gasteiger partial charge in [-0.1, -0.05) is 6.92 Å². The van der Waals surface area contributed by atoms with Crippen molar-refractivity contribution in [3.8, 4) is 11.5 Å². The Morgan fingerprint density at radius 2 is 1.95 bits per heavy atom. The highest BCUT2D eigenvalue weighted by molar-refractivity contribution is 5.56. The number of hydrogen-bond donors (Lipinski definition) is 1. The molecule has 4 nitrogen and oxygen atoms in total. The number of fused-ring (bicyclic) bond motifs is 1. The van der Waals surface area contributed by atoms with Crippen molar-refractivity contribution in [2.24, 2.45) is 5.92 Å². The van der Waals surface area contributed by atoms with Crippen LogP contribution in [0.3, 0.4) is 0 Å². The van der Waals surface area contributed by atoms with Gasteiger partial charge in [0.1, 0.15) is 0 Å². The number of anilines is 1. The molecule has 2 aliphatic rings. The average Bonchev–Trinajstić information content (AvgIpc) is 2.69. The summed E-state index contributed by atoms with van der Waals surface area (Å²) in [5.41, 5.74) is 0.781. The molecule has 2 heterocycles. The number of halogens is 2. The summed E-state index contributed by atoms with van der Waals surface area (Å²) in [5, 5.41) is 3.43. The predicted octanol–water partition coefficient (Wildman–Crippen LogP) is 3.15. The van der Waals surface area contributed by atoms with Crippen LogP contribution in [0.4, 0.5) is 14.5 Å². The molecule has 0 spiro atoms. The first-order valence-electron chi connectivity index (χ1n) is 7.21. The molecule has 0 radical (unpaired) electrons. The molecule has 0 aromatic heterocycles. The van der Waals surface area contributed by atoms with Crippen LogP contribution in [0, 0.1) is 5.92 Å². The molecular weight excluding hydrogens is 278 g/mol. The van der Waals surface area contributed by atoms with Crippen molar-refractivity contribution in [3.63, 3.8) is 0 Å². The van der Waals surface area contributed by atoms with Crippen LogP contribution >= 0.6 is 0 Å². The third kappa shape index (κ3) is 2.90. The van der Waals surface area contributed by atoms with Crippen LogP contribution < -0.4 is 14.8 Å². The summed E-state index contributed by atoms with van der Waals surface area (Å²) in [6.07, 6.45) is -2.54. The van der Waals surface area contributed by atoms with Gasteiger partial charge in [-0.3, -0.25) is 0 Å². The van der Waals surface area contributed by atoms with Gasteiger partial charge < -0.3 is 19.7 Å². The molecule has 1 aromatic carbocycles. The topological polar surface area (TPSA) is 33.7 Å². The van der Waals surface area contributed by atoms with Crippen LogP contribution in [0.25, 0.3) is 0 Å². The molecule has 1 N–H and O–H groups in total. The summed E-state index contributed by atoms with van der Waals surface area (Å²) < 4.78 is 34.9. The number of piperidine rings is 1. The van der Waals surface area contributed by atoms with E-state index >= 15 is 0 Å². The van der Waals surface area contributed by atoms with Crippen LogP contribution in [-0.2, 0) is 0 Å². The smallest absolute Gasteiger partial charge is 0.395 e. The lowest BCUT2D eigenvalue weighted by atomic mass is 9.89. The van der Waals surface area contributed by atoms with Crippen molar-refractivity contribution in [1.82, 2.24) is 4.90 Å². The van der Waals surface area contributed by atoms with Gasteiger partial charge in [0.05, 0.1) is 0 Å². The molecule has 1 aromatic rings. The minimum absolute atomic E-state index is 0.0790. The predicted molar refractivity (Wildman–Crippen MR) is 75.9 cm³/mol. The molecular formula is C15H20F2N2O2. The van der Waals surface area contributed by atoms with Gasteiger partial charge in [-0.15, -0.1) is 8.78 Å². The molecule has 3 unspecified atom stereocenters. The summed E-state index contributed by atoms with van der Waals surface area (Å²) in [4.78, 5) is 2.34. The zero-order valence-corrected chi connectivity index (χ0v) is 12.4. The Bertz CT molecular complexity index is 538. The molecule has 3 rings (SSSR count). The van der Waals surface area contributed by atoms with E-state index in [2.05, 4.69) is 40.6 Å². The summed E-state index contributed by atoms with van der Waals surface area (Å²) in [7, 11) is 2.13. The highest BCUT2D eigenvalue weighted by atomic mass is 19.3. The molecule has 0 saturated carbocycles. The van der Waals surface area contributed by atoms with Gasteiger partial charge in [-0.05, 0) is 38.4 Å². The fraction of sp³-hybridized carbons (Fsp3) is 0.600. The van der Waals surface area contributed by atoms with Crippen molar-refractivity contribution in [2.45, 2.75) is 38.6 Å². The van der Waals surface area contributed by atoms with E-state index in [9.17, 15) is 8.78 Å². The molecule has 0 amide bonds. The zero-order chi connectivity index (χ0) is 15.2. The summed E-state index contributed by atoms with van der Waals surface area (Å²) in [6.45, 7) is 5.41. The maximum atomic E-state index is 13.0. The number of likely N-dealkylation sites (tertiary alicyclic amines) is 1. The SMILES string of the molecule is CC1CN(C)C(C)CC1Nc1ccc2c(c1)OC(F)(F)O2. The molecule has 21 heavy (non-hydrogen) atoms. The summed E-state index contributed by atoms with van der Waals surface area (Å²) in [5.74, 6) is 0.645. The lowest BCUT2D eigenvalue weighted by molar-refractivity contribution is -0.286. The second kappa shape index (κ2) is 5.02. The van der Waals surface area contributed by atoms with Gasteiger partial charge in [0.15, 0.2) is 11.5 Å². The van der Waals surface area contributed by atoms with E-state index in [0.717, 1.165) is 18.7 Å². The fourth-order valence-corrected chi connectivity index (χ4v) is 3.00. The maximum Gasteiger partial charge on any atom is 0.586 e. The number of nitrogens with one attached hydrogen (secondary N) is 1. The van der Waals surface area contributed by atoms with Crippen molar-refractivity contribution in [3.05, 3.63) is 18.2 Å². The fourth-order valence-electron chi connectivity index (χ4n) is 3.00. The first kappa shape index (κ1) is 14.4. The van der Waals surface area contributed by atoms with Crippen LogP contribution in [0.15, 0.2) is 18.2 Å². The molecule has 1 fully saturated rings. The van der Waals surface area contributed by atoms with E-state index in [1.807, 2.05) is 0 Å². The van der Waals surface area contributed by atoms with E-state index in [1.54, 1.807) is 12.1 Å². The number of benzene rings is 1. The van der Waals surface area contributed by atoms with Crippen LogP contribution in [0.1, 0.15) is 20.3 Å². The van der Waals surface area contributed by atoms with Gasteiger partial charge in [0.2, 0.25) is 0 Å². The Labute approximate surface area is 123 Å². The minimum atomic E-state index is -3.56. The number of hydrogen-bond acceptors (Lipinski definition) is 4. The number of rotatable bonds is 2. The van der Waals surface area contributed by atoms with Gasteiger partial charge in [0, 0.05) is 30.4 Å². The van der Waals surface area contributed by atoms with E-state index in [0.29, 0.717) is 18.0 Å².